The SMILES string of the molecule is CCCCCCCC/C(C(=O)OCC)=C(\CCC)C(=O)OCC. The standard InChI is InChI=1S/C19H34O4/c1-5-9-10-11-12-13-15-17(19(21)23-8-4)16(14-6-2)18(20)22-7-3/h5-15H2,1-4H3/b17-16-. The molecule has 0 atom stereocenters. The summed E-state index contributed by atoms with van der Waals surface area (Å²) in [5.41, 5.74) is 1.02. The summed E-state index contributed by atoms with van der Waals surface area (Å²) in [7, 11) is 0. The van der Waals surface area contributed by atoms with Gasteiger partial charge in [-0.25, -0.2) is 9.59 Å². The zero-order chi connectivity index (χ0) is 17.5. The van der Waals surface area contributed by atoms with Gasteiger partial charge in [0.05, 0.1) is 13.2 Å². The maximum absolute atomic E-state index is 12.2. The van der Waals surface area contributed by atoms with E-state index >= 15 is 0 Å². The third kappa shape index (κ3) is 9.42. The predicted octanol–water partition coefficient (Wildman–Crippen LogP) is 4.96. The highest BCUT2D eigenvalue weighted by Crippen LogP contribution is 2.21. The van der Waals surface area contributed by atoms with E-state index in [1.54, 1.807) is 13.8 Å². The molecule has 0 saturated heterocycles. The van der Waals surface area contributed by atoms with Crippen LogP contribution < -0.4 is 0 Å². The number of esters is 2. The van der Waals surface area contributed by atoms with Crippen molar-refractivity contribution in [2.45, 2.75) is 85.5 Å². The first kappa shape index (κ1) is 21.7. The molecule has 0 aliphatic heterocycles. The number of unbranched alkanes of at least 4 members (excludes halogenated alkanes) is 5. The summed E-state index contributed by atoms with van der Waals surface area (Å²) in [5, 5.41) is 0. The van der Waals surface area contributed by atoms with Crippen LogP contribution >= 0.6 is 0 Å². The van der Waals surface area contributed by atoms with E-state index in [2.05, 4.69) is 6.92 Å². The predicted molar refractivity (Wildman–Crippen MR) is 93.2 cm³/mol. The molecule has 4 heteroatoms. The van der Waals surface area contributed by atoms with Crippen molar-refractivity contribution in [3.63, 3.8) is 0 Å². The number of hydrogen-bond acceptors (Lipinski definition) is 4. The van der Waals surface area contributed by atoms with Crippen molar-refractivity contribution in [3.05, 3.63) is 11.1 Å². The highest BCUT2D eigenvalue weighted by Gasteiger charge is 2.22. The highest BCUT2D eigenvalue weighted by molar-refractivity contribution is 6.00. The third-order valence-corrected chi connectivity index (χ3v) is 3.69. The summed E-state index contributed by atoms with van der Waals surface area (Å²) in [6.07, 6.45) is 8.81. The van der Waals surface area contributed by atoms with Crippen LogP contribution in [0.3, 0.4) is 0 Å². The topological polar surface area (TPSA) is 52.6 Å². The van der Waals surface area contributed by atoms with Gasteiger partial charge in [-0.2, -0.15) is 0 Å². The van der Waals surface area contributed by atoms with Crippen LogP contribution in [0.4, 0.5) is 0 Å². The number of ether oxygens (including phenoxy) is 2. The van der Waals surface area contributed by atoms with Gasteiger partial charge in [0.1, 0.15) is 0 Å². The molecule has 0 fully saturated rings. The second-order valence-electron chi connectivity index (χ2n) is 5.67. The zero-order valence-electron chi connectivity index (χ0n) is 15.4. The average Bonchev–Trinajstić information content (AvgIpc) is 2.53. The van der Waals surface area contributed by atoms with Crippen LogP contribution in [-0.4, -0.2) is 25.2 Å². The molecule has 0 aromatic carbocycles. The van der Waals surface area contributed by atoms with Gasteiger partial charge < -0.3 is 9.47 Å². The summed E-state index contributed by atoms with van der Waals surface area (Å²) in [6, 6.07) is 0. The Morgan fingerprint density at radius 3 is 1.57 bits per heavy atom. The van der Waals surface area contributed by atoms with Crippen LogP contribution in [0.5, 0.6) is 0 Å². The molecule has 23 heavy (non-hydrogen) atoms. The molecular weight excluding hydrogens is 292 g/mol. The Labute approximate surface area is 141 Å². The van der Waals surface area contributed by atoms with E-state index in [0.717, 1.165) is 19.3 Å². The van der Waals surface area contributed by atoms with Crippen molar-refractivity contribution >= 4 is 11.9 Å². The largest absolute Gasteiger partial charge is 0.463 e. The van der Waals surface area contributed by atoms with Crippen molar-refractivity contribution in [3.8, 4) is 0 Å². The van der Waals surface area contributed by atoms with E-state index in [1.165, 1.54) is 25.7 Å². The maximum atomic E-state index is 12.2. The molecule has 0 amide bonds. The van der Waals surface area contributed by atoms with E-state index in [-0.39, 0.29) is 11.9 Å². The smallest absolute Gasteiger partial charge is 0.334 e. The minimum atomic E-state index is -0.372. The molecule has 0 unspecified atom stereocenters. The van der Waals surface area contributed by atoms with E-state index < -0.39 is 0 Å². The number of carbonyl (C=O) groups excluding carboxylic acids is 2. The van der Waals surface area contributed by atoms with Crippen LogP contribution in [0.25, 0.3) is 0 Å². The second-order valence-corrected chi connectivity index (χ2v) is 5.67. The van der Waals surface area contributed by atoms with E-state index in [4.69, 9.17) is 9.47 Å². The van der Waals surface area contributed by atoms with Crippen LogP contribution in [0.15, 0.2) is 11.1 Å². The number of carbonyl (C=O) groups is 2. The van der Waals surface area contributed by atoms with Gasteiger partial charge in [0.25, 0.3) is 0 Å². The van der Waals surface area contributed by atoms with Crippen molar-refractivity contribution < 1.29 is 19.1 Å². The van der Waals surface area contributed by atoms with Gasteiger partial charge in [0.2, 0.25) is 0 Å². The summed E-state index contributed by atoms with van der Waals surface area (Å²) >= 11 is 0. The molecule has 0 rings (SSSR count). The quantitative estimate of drug-likeness (QED) is 0.273. The van der Waals surface area contributed by atoms with Crippen LogP contribution in [-0.2, 0) is 19.1 Å². The molecule has 0 saturated carbocycles. The van der Waals surface area contributed by atoms with Gasteiger partial charge in [-0.1, -0.05) is 52.4 Å². The minimum absolute atomic E-state index is 0.319. The molecule has 0 aliphatic carbocycles. The Morgan fingerprint density at radius 1 is 0.609 bits per heavy atom. The van der Waals surface area contributed by atoms with E-state index in [1.807, 2.05) is 6.92 Å². The van der Waals surface area contributed by atoms with Gasteiger partial charge >= 0.3 is 11.9 Å². The summed E-state index contributed by atoms with van der Waals surface area (Å²) in [6.45, 7) is 8.38. The molecule has 4 nitrogen and oxygen atoms in total. The summed E-state index contributed by atoms with van der Waals surface area (Å²) in [5.74, 6) is -0.735. The Morgan fingerprint density at radius 2 is 1.09 bits per heavy atom. The first-order valence-corrected chi connectivity index (χ1v) is 9.18. The van der Waals surface area contributed by atoms with E-state index in [0.29, 0.717) is 37.2 Å². The Kier molecular flexibility index (Phi) is 13.5. The molecule has 134 valence electrons. The fraction of sp³-hybridized carbons (Fsp3) is 0.789. The lowest BCUT2D eigenvalue weighted by Gasteiger charge is -2.13. The van der Waals surface area contributed by atoms with Crippen LogP contribution in [0.2, 0.25) is 0 Å². The lowest BCUT2D eigenvalue weighted by atomic mass is 9.97. The number of rotatable bonds is 13. The van der Waals surface area contributed by atoms with Gasteiger partial charge in [-0.3, -0.25) is 0 Å². The van der Waals surface area contributed by atoms with Gasteiger partial charge in [-0.15, -0.1) is 0 Å². The zero-order valence-corrected chi connectivity index (χ0v) is 15.4. The molecule has 0 N–H and O–H groups in total. The highest BCUT2D eigenvalue weighted by atomic mass is 16.5. The fourth-order valence-corrected chi connectivity index (χ4v) is 2.52. The lowest BCUT2D eigenvalue weighted by molar-refractivity contribution is -0.142. The van der Waals surface area contributed by atoms with Crippen LogP contribution in [0.1, 0.15) is 85.5 Å². The van der Waals surface area contributed by atoms with Crippen molar-refractivity contribution in [2.24, 2.45) is 0 Å². The normalized spacial score (nSPS) is 11.8. The van der Waals surface area contributed by atoms with Crippen molar-refractivity contribution in [1.29, 1.82) is 0 Å². The Bertz CT molecular complexity index is 372. The van der Waals surface area contributed by atoms with Gasteiger partial charge in [0.15, 0.2) is 0 Å². The average molecular weight is 326 g/mol. The Balaban J connectivity index is 4.94. The first-order valence-electron chi connectivity index (χ1n) is 9.18. The Hall–Kier alpha value is -1.32. The van der Waals surface area contributed by atoms with Gasteiger partial charge in [-0.05, 0) is 33.1 Å². The molecule has 0 aromatic rings. The molecule has 0 radical (unpaired) electrons. The maximum Gasteiger partial charge on any atom is 0.334 e. The fourth-order valence-electron chi connectivity index (χ4n) is 2.52. The molecule has 0 aliphatic rings. The molecular formula is C19H34O4. The second kappa shape index (κ2) is 14.3. The monoisotopic (exact) mass is 326 g/mol. The van der Waals surface area contributed by atoms with Gasteiger partial charge in [0, 0.05) is 11.1 Å². The van der Waals surface area contributed by atoms with Crippen molar-refractivity contribution in [1.82, 2.24) is 0 Å². The summed E-state index contributed by atoms with van der Waals surface area (Å²) in [4.78, 5) is 24.4. The third-order valence-electron chi connectivity index (χ3n) is 3.69. The molecule has 0 spiro atoms. The molecule has 0 aromatic heterocycles. The van der Waals surface area contributed by atoms with Crippen LogP contribution in [0, 0.1) is 0 Å². The van der Waals surface area contributed by atoms with Crippen molar-refractivity contribution in [2.75, 3.05) is 13.2 Å². The minimum Gasteiger partial charge on any atom is -0.463 e. The first-order chi connectivity index (χ1) is 11.1. The van der Waals surface area contributed by atoms with E-state index in [9.17, 15) is 9.59 Å². The molecule has 0 bridgehead atoms. The molecule has 0 heterocycles. The number of hydrogen-bond donors (Lipinski definition) is 0. The summed E-state index contributed by atoms with van der Waals surface area (Å²) < 4.78 is 10.3. The lowest BCUT2D eigenvalue weighted by Crippen LogP contribution is -2.17.